The van der Waals surface area contributed by atoms with E-state index in [-0.39, 0.29) is 81.0 Å². The zero-order valence-electron chi connectivity index (χ0n) is 0.500. The van der Waals surface area contributed by atoms with E-state index in [1.807, 2.05) is 0 Å². The molecular weight excluding hydrogens is 88.9 g/mol. The summed E-state index contributed by atoms with van der Waals surface area (Å²) in [6.07, 6.45) is 0. The Morgan fingerprint density at radius 1 is 0.750 bits per heavy atom. The molecule has 0 rings (SSSR count). The maximum atomic E-state index is 0. The van der Waals surface area contributed by atoms with E-state index >= 15 is 0 Å². The van der Waals surface area contributed by atoms with Crippen molar-refractivity contribution in [2.45, 2.75) is 0 Å². The molecule has 0 aliphatic heterocycles. The van der Waals surface area contributed by atoms with Gasteiger partial charge < -0.3 is 0 Å². The fourth-order valence-corrected chi connectivity index (χ4v) is 0. The number of hydrogen-bond acceptors (Lipinski definition) is 0. The zero-order valence-corrected chi connectivity index (χ0v) is 1.50. The van der Waals surface area contributed by atoms with E-state index < -0.39 is 0 Å². The van der Waals surface area contributed by atoms with E-state index in [0.717, 1.165) is 0 Å². The van der Waals surface area contributed by atoms with Crippen molar-refractivity contribution >= 4 is 81.0 Å². The molecule has 0 spiro atoms. The standard InChI is InChI=1S/BH3.2Na.H2S.2H/h1H3;;;1H2;;. The maximum absolute atomic E-state index is 0. The Balaban J connectivity index is 0. The van der Waals surface area contributed by atoms with Gasteiger partial charge in [0.25, 0.3) is 0 Å². The topological polar surface area (TPSA) is 0 Å². The molecule has 0 fully saturated rings. The van der Waals surface area contributed by atoms with Gasteiger partial charge in [-0.05, 0) is 0 Å². The molecule has 0 nitrogen and oxygen atoms in total. The molecule has 0 heterocycles. The summed E-state index contributed by atoms with van der Waals surface area (Å²) in [4.78, 5) is 0. The Labute approximate surface area is 79.7 Å². The van der Waals surface area contributed by atoms with Gasteiger partial charge >= 0.3 is 59.1 Å². The van der Waals surface area contributed by atoms with Crippen LogP contribution in [0, 0.1) is 0 Å². The van der Waals surface area contributed by atoms with Crippen molar-refractivity contribution < 1.29 is 0 Å². The second-order valence-electron chi connectivity index (χ2n) is 0. The third kappa shape index (κ3) is 8.83. The number of hydrogen-bond donors (Lipinski definition) is 0. The van der Waals surface area contributed by atoms with E-state index in [4.69, 9.17) is 0 Å². The normalized spacial score (nSPS) is 0. The fraction of sp³-hybridized carbons (Fsp3) is 0. The van der Waals surface area contributed by atoms with Crippen molar-refractivity contribution in [2.75, 3.05) is 0 Å². The first-order chi connectivity index (χ1) is 0. The van der Waals surface area contributed by atoms with Gasteiger partial charge in [0.05, 0.1) is 8.41 Å². The van der Waals surface area contributed by atoms with Gasteiger partial charge in [0.15, 0.2) is 0 Å². The van der Waals surface area contributed by atoms with E-state index in [9.17, 15) is 0 Å². The van der Waals surface area contributed by atoms with Gasteiger partial charge in [-0.25, -0.2) is 0 Å². The molecule has 0 bridgehead atoms. The van der Waals surface area contributed by atoms with Crippen LogP contribution in [0.1, 0.15) is 0 Å². The minimum absolute atomic E-state index is 0. The quantitative estimate of drug-likeness (QED) is 0.296. The molecule has 0 saturated heterocycles. The van der Waals surface area contributed by atoms with Crippen molar-refractivity contribution in [3.63, 3.8) is 0 Å². The van der Waals surface area contributed by atoms with Gasteiger partial charge in [-0.1, -0.05) is 0 Å². The minimum atomic E-state index is 0. The first-order valence-corrected chi connectivity index (χ1v) is 0. The molecule has 0 unspecified atom stereocenters. The van der Waals surface area contributed by atoms with Crippen LogP contribution in [0.15, 0.2) is 0 Å². The second kappa shape index (κ2) is 18.1. The Hall–Kier alpha value is 2.41. The summed E-state index contributed by atoms with van der Waals surface area (Å²) in [5, 5.41) is 0. The Bertz CT molecular complexity index is 6.00. The van der Waals surface area contributed by atoms with Crippen LogP contribution < -0.4 is 0 Å². The molecule has 0 aliphatic rings. The molecule has 0 aromatic carbocycles. The van der Waals surface area contributed by atoms with Gasteiger partial charge in [-0.15, -0.1) is 0 Å². The molecule has 0 aromatic heterocycles. The van der Waals surface area contributed by atoms with Crippen molar-refractivity contribution in [3.05, 3.63) is 0 Å². The van der Waals surface area contributed by atoms with Gasteiger partial charge in [0.2, 0.25) is 0 Å². The average molecular weight is 95.9 g/mol. The monoisotopic (exact) mass is 96.0 g/mol. The molecule has 0 aromatic rings. The Morgan fingerprint density at radius 3 is 0.750 bits per heavy atom. The molecule has 0 atom stereocenters. The predicted octanol–water partition coefficient (Wildman–Crippen LogP) is -2.37. The first kappa shape index (κ1) is 32.3. The molecule has 0 N–H and O–H groups in total. The van der Waals surface area contributed by atoms with Crippen molar-refractivity contribution in [1.82, 2.24) is 0 Å². The molecule has 18 valence electrons. The first-order valence-electron chi connectivity index (χ1n) is 0. The van der Waals surface area contributed by atoms with Crippen LogP contribution in [0.3, 0.4) is 0 Å². The van der Waals surface area contributed by atoms with E-state index in [0.29, 0.717) is 0 Å². The molecule has 0 amide bonds. The van der Waals surface area contributed by atoms with Gasteiger partial charge in [-0.3, -0.25) is 0 Å². The van der Waals surface area contributed by atoms with Crippen molar-refractivity contribution in [1.29, 1.82) is 0 Å². The third-order valence-electron chi connectivity index (χ3n) is 0. The van der Waals surface area contributed by atoms with Crippen LogP contribution in [0.4, 0.5) is 0 Å². The van der Waals surface area contributed by atoms with Crippen LogP contribution in [0.5, 0.6) is 0 Å². The molecule has 0 radical (unpaired) electrons. The summed E-state index contributed by atoms with van der Waals surface area (Å²) in [5.41, 5.74) is 0. The van der Waals surface area contributed by atoms with Crippen LogP contribution in [0.2, 0.25) is 0 Å². The summed E-state index contributed by atoms with van der Waals surface area (Å²) in [6.45, 7) is 0. The summed E-state index contributed by atoms with van der Waals surface area (Å²) >= 11 is 0. The van der Waals surface area contributed by atoms with E-state index in [2.05, 4.69) is 0 Å². The summed E-state index contributed by atoms with van der Waals surface area (Å²) in [7, 11) is 0. The second-order valence-corrected chi connectivity index (χ2v) is 0. The fourth-order valence-electron chi connectivity index (χ4n) is 0. The van der Waals surface area contributed by atoms with Crippen LogP contribution in [-0.2, 0) is 0 Å². The van der Waals surface area contributed by atoms with E-state index in [1.54, 1.807) is 0 Å². The zero-order chi connectivity index (χ0) is 0. The molecule has 0 saturated carbocycles. The summed E-state index contributed by atoms with van der Waals surface area (Å²) in [5.74, 6) is 0. The van der Waals surface area contributed by atoms with Gasteiger partial charge in [-0.2, -0.15) is 13.5 Å². The van der Waals surface area contributed by atoms with E-state index in [1.165, 1.54) is 0 Å². The van der Waals surface area contributed by atoms with Crippen LogP contribution >= 0.6 is 13.5 Å². The van der Waals surface area contributed by atoms with Crippen molar-refractivity contribution in [2.24, 2.45) is 0 Å². The van der Waals surface area contributed by atoms with Crippen molar-refractivity contribution in [3.8, 4) is 0 Å². The SMILES string of the molecule is B.S.[NaH].[NaH]. The van der Waals surface area contributed by atoms with Gasteiger partial charge in [0, 0.05) is 0 Å². The Kier molecular flexibility index (Phi) is 146. The van der Waals surface area contributed by atoms with Gasteiger partial charge in [0.1, 0.15) is 0 Å². The third-order valence-corrected chi connectivity index (χ3v) is 0. The molecule has 4 heavy (non-hydrogen) atoms. The average Bonchev–Trinajstić information content (AvgIpc) is 0. The molecule has 4 heteroatoms. The summed E-state index contributed by atoms with van der Waals surface area (Å²) in [6, 6.07) is 0. The molecule has 0 aliphatic carbocycles. The number of rotatable bonds is 0. The van der Waals surface area contributed by atoms with Crippen LogP contribution in [-0.4, -0.2) is 67.5 Å². The summed E-state index contributed by atoms with van der Waals surface area (Å²) < 4.78 is 0. The Morgan fingerprint density at radius 2 is 0.750 bits per heavy atom. The van der Waals surface area contributed by atoms with Crippen LogP contribution in [0.25, 0.3) is 0 Å². The predicted molar refractivity (Wildman–Crippen MR) is 34.6 cm³/mol. The molecular formula is H7BNa2S.